The first-order chi connectivity index (χ1) is 16.2. The third kappa shape index (κ3) is 4.63. The van der Waals surface area contributed by atoms with Crippen LogP contribution in [-0.4, -0.2) is 60.7 Å². The van der Waals surface area contributed by atoms with Gasteiger partial charge < -0.3 is 20.1 Å². The summed E-state index contributed by atoms with van der Waals surface area (Å²) in [6.45, 7) is -0.599. The molecule has 1 aromatic heterocycles. The molecule has 3 N–H and O–H groups in total. The number of halogens is 4. The van der Waals surface area contributed by atoms with Gasteiger partial charge in [0.2, 0.25) is 0 Å². The summed E-state index contributed by atoms with van der Waals surface area (Å²) in [6.07, 6.45) is -2.79. The number of aliphatic hydroxyl groups excluding tert-OH is 3. The largest absolute Gasteiger partial charge is 0.394 e. The summed E-state index contributed by atoms with van der Waals surface area (Å²) < 4.78 is 47.3. The normalized spacial score (nSPS) is 24.7. The number of ether oxygens (including phenoxy) is 1. The molecular weight excluding hydrogens is 497 g/mol. The van der Waals surface area contributed by atoms with E-state index in [1.54, 1.807) is 0 Å². The van der Waals surface area contributed by atoms with Crippen molar-refractivity contribution in [3.63, 3.8) is 0 Å². The molecule has 0 aliphatic carbocycles. The predicted octanol–water partition coefficient (Wildman–Crippen LogP) is 2.66. The highest BCUT2D eigenvalue weighted by molar-refractivity contribution is 7.99. The Kier molecular flexibility index (Phi) is 7.13. The lowest BCUT2D eigenvalue weighted by molar-refractivity contribution is -0.178. The number of nitriles is 1. The van der Waals surface area contributed by atoms with Gasteiger partial charge in [0.25, 0.3) is 0 Å². The van der Waals surface area contributed by atoms with E-state index < -0.39 is 53.8 Å². The van der Waals surface area contributed by atoms with E-state index >= 15 is 0 Å². The molecule has 2 aromatic carbocycles. The molecule has 8 nitrogen and oxygen atoms in total. The predicted molar refractivity (Wildman–Crippen MR) is 114 cm³/mol. The van der Waals surface area contributed by atoms with Crippen LogP contribution in [0.3, 0.4) is 0 Å². The van der Waals surface area contributed by atoms with Gasteiger partial charge in [0.1, 0.15) is 41.6 Å². The minimum Gasteiger partial charge on any atom is -0.394 e. The molecule has 5 atom stereocenters. The Balaban J connectivity index is 1.66. The Morgan fingerprint density at radius 3 is 2.50 bits per heavy atom. The topological polar surface area (TPSA) is 124 Å². The van der Waals surface area contributed by atoms with Gasteiger partial charge >= 0.3 is 0 Å². The van der Waals surface area contributed by atoms with Gasteiger partial charge in [0.15, 0.2) is 17.5 Å². The fraction of sp³-hybridized carbons (Fsp3) is 0.286. The van der Waals surface area contributed by atoms with Crippen LogP contribution in [0.25, 0.3) is 11.3 Å². The highest BCUT2D eigenvalue weighted by Gasteiger charge is 2.46. The average molecular weight is 513 g/mol. The minimum atomic E-state index is -1.63. The van der Waals surface area contributed by atoms with Crippen molar-refractivity contribution >= 4 is 23.4 Å². The van der Waals surface area contributed by atoms with Crippen LogP contribution < -0.4 is 0 Å². The lowest BCUT2D eigenvalue weighted by Gasteiger charge is -2.41. The zero-order chi connectivity index (χ0) is 24.6. The molecule has 3 aromatic rings. The molecule has 34 heavy (non-hydrogen) atoms. The summed E-state index contributed by atoms with van der Waals surface area (Å²) in [5.41, 5.74) is -0.947. The quantitative estimate of drug-likeness (QED) is 0.446. The van der Waals surface area contributed by atoms with Gasteiger partial charge in [-0.1, -0.05) is 28.6 Å². The average Bonchev–Trinajstić information content (AvgIpc) is 3.29. The number of rotatable bonds is 5. The molecule has 0 saturated carbocycles. The van der Waals surface area contributed by atoms with Gasteiger partial charge in [-0.15, -0.1) is 5.10 Å². The van der Waals surface area contributed by atoms with Gasteiger partial charge in [0.05, 0.1) is 18.4 Å². The van der Waals surface area contributed by atoms with Gasteiger partial charge in [-0.25, -0.2) is 17.9 Å². The Hall–Kier alpha value is -2.66. The maximum absolute atomic E-state index is 13.6. The van der Waals surface area contributed by atoms with Crippen molar-refractivity contribution in [1.82, 2.24) is 15.0 Å². The van der Waals surface area contributed by atoms with E-state index in [-0.39, 0.29) is 16.8 Å². The standard InChI is InChI=1S/C21H16ClF3N4O4S/c22-11-2-1-9(6-26)16(5-11)34-21-20(32)18(19(31)15(8-30)33-21)29-7-14(27-28-29)10-3-12(23)17(25)13(24)4-10/h1-5,7,15,18-21,30-32H,8H2/t15-,18+,19+,20-,21-/m1/s1. The van der Waals surface area contributed by atoms with Gasteiger partial charge in [-0.2, -0.15) is 5.26 Å². The molecule has 1 aliphatic heterocycles. The zero-order valence-electron chi connectivity index (χ0n) is 17.0. The van der Waals surface area contributed by atoms with E-state index in [9.17, 15) is 33.8 Å². The fourth-order valence-electron chi connectivity index (χ4n) is 3.55. The summed E-state index contributed by atoms with van der Waals surface area (Å²) >= 11 is 6.98. The molecule has 178 valence electrons. The number of thioether (sulfide) groups is 1. The molecule has 2 heterocycles. The molecule has 0 unspecified atom stereocenters. The Bertz CT molecular complexity index is 1230. The second-order valence-electron chi connectivity index (χ2n) is 7.41. The third-order valence-corrected chi connectivity index (χ3v) is 6.70. The first-order valence-electron chi connectivity index (χ1n) is 9.79. The highest BCUT2D eigenvalue weighted by Crippen LogP contribution is 2.40. The van der Waals surface area contributed by atoms with E-state index in [1.807, 2.05) is 6.07 Å². The van der Waals surface area contributed by atoms with E-state index in [4.69, 9.17) is 16.3 Å². The van der Waals surface area contributed by atoms with Crippen molar-refractivity contribution in [3.8, 4) is 17.3 Å². The third-order valence-electron chi connectivity index (χ3n) is 5.25. The molecule has 1 saturated heterocycles. The van der Waals surface area contributed by atoms with E-state index in [1.165, 1.54) is 24.4 Å². The molecule has 0 radical (unpaired) electrons. The van der Waals surface area contributed by atoms with Gasteiger partial charge in [-0.05, 0) is 30.3 Å². The van der Waals surface area contributed by atoms with Gasteiger partial charge in [0, 0.05) is 15.5 Å². The van der Waals surface area contributed by atoms with Crippen LogP contribution in [0.2, 0.25) is 5.02 Å². The SMILES string of the molecule is N#Cc1ccc(Cl)cc1S[C@H]1O[C@H](CO)[C@H](O)[C@H](n2cc(-c3cc(F)c(F)c(F)c3)nn2)[C@H]1O. The lowest BCUT2D eigenvalue weighted by atomic mass is 9.97. The van der Waals surface area contributed by atoms with Crippen LogP contribution >= 0.6 is 23.4 Å². The van der Waals surface area contributed by atoms with E-state index in [0.717, 1.165) is 28.6 Å². The van der Waals surface area contributed by atoms with Crippen LogP contribution in [0.15, 0.2) is 41.4 Å². The second-order valence-corrected chi connectivity index (χ2v) is 8.98. The number of nitrogens with zero attached hydrogens (tertiary/aromatic N) is 4. The first kappa shape index (κ1) is 24.5. The highest BCUT2D eigenvalue weighted by atomic mass is 35.5. The van der Waals surface area contributed by atoms with E-state index in [2.05, 4.69) is 10.3 Å². The number of hydrogen-bond acceptors (Lipinski definition) is 8. The smallest absolute Gasteiger partial charge is 0.194 e. The molecule has 0 amide bonds. The summed E-state index contributed by atoms with van der Waals surface area (Å²) in [6, 6.07) is 6.84. The number of benzene rings is 2. The van der Waals surface area contributed by atoms with Crippen molar-refractivity contribution < 1.29 is 33.2 Å². The lowest BCUT2D eigenvalue weighted by Crippen LogP contribution is -2.55. The fourth-order valence-corrected chi connectivity index (χ4v) is 4.97. The van der Waals surface area contributed by atoms with E-state index in [0.29, 0.717) is 9.92 Å². The molecule has 0 spiro atoms. The molecule has 1 aliphatic rings. The number of aliphatic hydroxyl groups is 3. The maximum atomic E-state index is 13.6. The molecule has 4 rings (SSSR count). The molecule has 0 bridgehead atoms. The second kappa shape index (κ2) is 9.91. The summed E-state index contributed by atoms with van der Waals surface area (Å²) in [5.74, 6) is -4.46. The van der Waals surface area contributed by atoms with Crippen LogP contribution in [-0.2, 0) is 4.74 Å². The Morgan fingerprint density at radius 1 is 1.15 bits per heavy atom. The molecule has 1 fully saturated rings. The number of aromatic nitrogens is 3. The number of hydrogen-bond donors (Lipinski definition) is 3. The Morgan fingerprint density at radius 2 is 1.85 bits per heavy atom. The first-order valence-corrected chi connectivity index (χ1v) is 11.0. The minimum absolute atomic E-state index is 0.0462. The van der Waals surface area contributed by atoms with Crippen molar-refractivity contribution in [2.75, 3.05) is 6.61 Å². The molecule has 13 heteroatoms. The van der Waals surface area contributed by atoms with Crippen LogP contribution in [0.4, 0.5) is 13.2 Å². The molecular formula is C21H16ClF3N4O4S. The van der Waals surface area contributed by atoms with Crippen molar-refractivity contribution in [3.05, 3.63) is 64.6 Å². The van der Waals surface area contributed by atoms with Crippen molar-refractivity contribution in [1.29, 1.82) is 5.26 Å². The van der Waals surface area contributed by atoms with Crippen LogP contribution in [0, 0.1) is 28.8 Å². The zero-order valence-corrected chi connectivity index (χ0v) is 18.6. The maximum Gasteiger partial charge on any atom is 0.194 e. The van der Waals surface area contributed by atoms with Crippen LogP contribution in [0.1, 0.15) is 11.6 Å². The van der Waals surface area contributed by atoms with Crippen molar-refractivity contribution in [2.24, 2.45) is 0 Å². The summed E-state index contributed by atoms with van der Waals surface area (Å²) in [5, 5.41) is 48.8. The Labute approximate surface area is 200 Å². The monoisotopic (exact) mass is 512 g/mol. The van der Waals surface area contributed by atoms with Crippen molar-refractivity contribution in [2.45, 2.75) is 34.7 Å². The van der Waals surface area contributed by atoms with Crippen LogP contribution in [0.5, 0.6) is 0 Å². The van der Waals surface area contributed by atoms with Gasteiger partial charge in [-0.3, -0.25) is 0 Å². The summed E-state index contributed by atoms with van der Waals surface area (Å²) in [4.78, 5) is 0.405. The summed E-state index contributed by atoms with van der Waals surface area (Å²) in [7, 11) is 0.